The molecule has 0 heterocycles. The van der Waals surface area contributed by atoms with E-state index in [9.17, 15) is 13.2 Å². The first-order valence-corrected chi connectivity index (χ1v) is 5.59. The number of alkyl halides is 3. The summed E-state index contributed by atoms with van der Waals surface area (Å²) in [6.07, 6.45) is -3.47. The second-order valence-electron chi connectivity index (χ2n) is 4.52. The molecule has 4 heteroatoms. The summed E-state index contributed by atoms with van der Waals surface area (Å²) < 4.78 is 36.3. The third-order valence-electron chi connectivity index (χ3n) is 2.80. The number of nitrogens with zero attached hydrogens (tertiary/aromatic N) is 1. The summed E-state index contributed by atoms with van der Waals surface area (Å²) in [5, 5.41) is 0. The Morgan fingerprint density at radius 2 is 1.76 bits per heavy atom. The number of likely N-dealkylation sites (N-methyl/N-ethyl adjacent to an activating group) is 1. The summed E-state index contributed by atoms with van der Waals surface area (Å²) in [6.45, 7) is 3.60. The largest absolute Gasteiger partial charge is 0.401 e. The van der Waals surface area contributed by atoms with Gasteiger partial charge >= 0.3 is 6.18 Å². The van der Waals surface area contributed by atoms with Crippen LogP contribution in [0.25, 0.3) is 0 Å². The topological polar surface area (TPSA) is 3.24 Å². The molecule has 0 radical (unpaired) electrons. The van der Waals surface area contributed by atoms with Crippen molar-refractivity contribution in [2.24, 2.45) is 0 Å². The van der Waals surface area contributed by atoms with E-state index >= 15 is 0 Å². The van der Waals surface area contributed by atoms with Gasteiger partial charge < -0.3 is 0 Å². The van der Waals surface area contributed by atoms with Crippen molar-refractivity contribution in [1.82, 2.24) is 4.90 Å². The number of hydrogen-bond acceptors (Lipinski definition) is 1. The molecule has 0 bridgehead atoms. The summed E-state index contributed by atoms with van der Waals surface area (Å²) in [5.41, 5.74) is 3.47. The van der Waals surface area contributed by atoms with Gasteiger partial charge in [0.1, 0.15) is 0 Å². The highest BCUT2D eigenvalue weighted by Gasteiger charge is 2.28. The minimum absolute atomic E-state index is 0.419. The standard InChI is InChI=1S/C13H18F3N/c1-10-4-5-12(8-11(10)2)6-7-17(3)9-13(14,15)16/h4-5,8H,6-7,9H2,1-3H3. The van der Waals surface area contributed by atoms with Crippen LogP contribution in [0.5, 0.6) is 0 Å². The van der Waals surface area contributed by atoms with Gasteiger partial charge in [-0.15, -0.1) is 0 Å². The van der Waals surface area contributed by atoms with Crippen LogP contribution in [0.3, 0.4) is 0 Å². The quantitative estimate of drug-likeness (QED) is 0.786. The molecular formula is C13H18F3N. The maximum atomic E-state index is 12.1. The summed E-state index contributed by atoms with van der Waals surface area (Å²) in [4.78, 5) is 1.30. The zero-order chi connectivity index (χ0) is 13.1. The smallest absolute Gasteiger partial charge is 0.298 e. The molecule has 0 atom stereocenters. The van der Waals surface area contributed by atoms with Crippen LogP contribution in [0, 0.1) is 13.8 Å². The minimum atomic E-state index is -4.11. The molecule has 0 amide bonds. The first kappa shape index (κ1) is 14.0. The van der Waals surface area contributed by atoms with Crippen LogP contribution in [0.2, 0.25) is 0 Å². The van der Waals surface area contributed by atoms with Gasteiger partial charge in [-0.3, -0.25) is 4.90 Å². The van der Waals surface area contributed by atoms with E-state index in [0.29, 0.717) is 13.0 Å². The van der Waals surface area contributed by atoms with Crippen molar-refractivity contribution in [3.05, 3.63) is 34.9 Å². The zero-order valence-electron chi connectivity index (χ0n) is 10.4. The molecule has 0 saturated carbocycles. The molecule has 0 fully saturated rings. The highest BCUT2D eigenvalue weighted by molar-refractivity contribution is 5.30. The second-order valence-corrected chi connectivity index (χ2v) is 4.52. The van der Waals surface area contributed by atoms with Gasteiger partial charge in [0.05, 0.1) is 6.54 Å². The molecule has 0 saturated heterocycles. The van der Waals surface area contributed by atoms with Gasteiger partial charge in [-0.1, -0.05) is 18.2 Å². The molecule has 1 aromatic rings. The molecule has 0 aliphatic heterocycles. The van der Waals surface area contributed by atoms with Crippen LogP contribution < -0.4 is 0 Å². The SMILES string of the molecule is Cc1ccc(CCN(C)CC(F)(F)F)cc1C. The zero-order valence-corrected chi connectivity index (χ0v) is 10.4. The van der Waals surface area contributed by atoms with Gasteiger partial charge in [0.25, 0.3) is 0 Å². The highest BCUT2D eigenvalue weighted by Crippen LogP contribution is 2.16. The van der Waals surface area contributed by atoms with Crippen molar-refractivity contribution in [2.75, 3.05) is 20.1 Å². The van der Waals surface area contributed by atoms with Crippen molar-refractivity contribution < 1.29 is 13.2 Å². The van der Waals surface area contributed by atoms with E-state index in [-0.39, 0.29) is 0 Å². The minimum Gasteiger partial charge on any atom is -0.298 e. The Balaban J connectivity index is 2.47. The lowest BCUT2D eigenvalue weighted by atomic mass is 10.0. The van der Waals surface area contributed by atoms with Gasteiger partial charge in [0.2, 0.25) is 0 Å². The Bertz CT molecular complexity index is 371. The van der Waals surface area contributed by atoms with Gasteiger partial charge in [-0.25, -0.2) is 0 Å². The molecule has 0 aromatic heterocycles. The molecule has 1 rings (SSSR count). The highest BCUT2D eigenvalue weighted by atomic mass is 19.4. The molecule has 0 aliphatic rings. The Morgan fingerprint density at radius 1 is 1.12 bits per heavy atom. The van der Waals surface area contributed by atoms with Crippen LogP contribution >= 0.6 is 0 Å². The summed E-state index contributed by atoms with van der Waals surface area (Å²) >= 11 is 0. The van der Waals surface area contributed by atoms with E-state index in [1.54, 1.807) is 0 Å². The van der Waals surface area contributed by atoms with E-state index in [1.165, 1.54) is 23.1 Å². The van der Waals surface area contributed by atoms with E-state index in [1.807, 2.05) is 32.0 Å². The molecule has 1 nitrogen and oxygen atoms in total. The van der Waals surface area contributed by atoms with Gasteiger partial charge in [0, 0.05) is 6.54 Å². The van der Waals surface area contributed by atoms with Crippen molar-refractivity contribution in [3.63, 3.8) is 0 Å². The second kappa shape index (κ2) is 5.54. The lowest BCUT2D eigenvalue weighted by Gasteiger charge is -2.18. The Hall–Kier alpha value is -1.03. The Morgan fingerprint density at radius 3 is 2.29 bits per heavy atom. The van der Waals surface area contributed by atoms with Gasteiger partial charge in [-0.05, 0) is 44.0 Å². The van der Waals surface area contributed by atoms with Crippen LogP contribution in [0.1, 0.15) is 16.7 Å². The normalized spacial score (nSPS) is 12.2. The average Bonchev–Trinajstić information content (AvgIpc) is 2.17. The van der Waals surface area contributed by atoms with Crippen LogP contribution in [0.4, 0.5) is 13.2 Å². The number of rotatable bonds is 4. The van der Waals surface area contributed by atoms with Crippen LogP contribution in [0.15, 0.2) is 18.2 Å². The number of halogens is 3. The first-order chi connectivity index (χ1) is 7.78. The Kier molecular flexibility index (Phi) is 4.57. The Labute approximate surface area is 100 Å². The fourth-order valence-electron chi connectivity index (χ4n) is 1.66. The average molecular weight is 245 g/mol. The summed E-state index contributed by atoms with van der Waals surface area (Å²) in [6, 6.07) is 6.02. The van der Waals surface area contributed by atoms with Crippen LogP contribution in [-0.4, -0.2) is 31.2 Å². The van der Waals surface area contributed by atoms with E-state index in [2.05, 4.69) is 0 Å². The molecule has 17 heavy (non-hydrogen) atoms. The molecule has 0 spiro atoms. The van der Waals surface area contributed by atoms with Crippen molar-refractivity contribution >= 4 is 0 Å². The molecule has 0 aliphatic carbocycles. The molecule has 0 unspecified atom stereocenters. The van der Waals surface area contributed by atoms with E-state index < -0.39 is 12.7 Å². The van der Waals surface area contributed by atoms with Crippen molar-refractivity contribution in [2.45, 2.75) is 26.4 Å². The van der Waals surface area contributed by atoms with Crippen LogP contribution in [-0.2, 0) is 6.42 Å². The third kappa shape index (κ3) is 5.22. The lowest BCUT2D eigenvalue weighted by molar-refractivity contribution is -0.142. The monoisotopic (exact) mass is 245 g/mol. The van der Waals surface area contributed by atoms with Gasteiger partial charge in [0.15, 0.2) is 0 Å². The molecule has 0 N–H and O–H groups in total. The van der Waals surface area contributed by atoms with E-state index in [4.69, 9.17) is 0 Å². The fourth-order valence-corrected chi connectivity index (χ4v) is 1.66. The molecule has 96 valence electrons. The molecule has 1 aromatic carbocycles. The van der Waals surface area contributed by atoms with Gasteiger partial charge in [-0.2, -0.15) is 13.2 Å². The maximum Gasteiger partial charge on any atom is 0.401 e. The number of benzene rings is 1. The van der Waals surface area contributed by atoms with Crippen molar-refractivity contribution in [1.29, 1.82) is 0 Å². The fraction of sp³-hybridized carbons (Fsp3) is 0.538. The predicted molar refractivity (Wildman–Crippen MR) is 63.2 cm³/mol. The van der Waals surface area contributed by atoms with E-state index in [0.717, 1.165) is 5.56 Å². The number of hydrogen-bond donors (Lipinski definition) is 0. The number of aryl methyl sites for hydroxylation is 2. The first-order valence-electron chi connectivity index (χ1n) is 5.59. The predicted octanol–water partition coefficient (Wildman–Crippen LogP) is 3.34. The summed E-state index contributed by atoms with van der Waals surface area (Å²) in [5.74, 6) is 0. The maximum absolute atomic E-state index is 12.1. The summed E-state index contributed by atoms with van der Waals surface area (Å²) in [7, 11) is 1.49. The molecular weight excluding hydrogens is 227 g/mol. The van der Waals surface area contributed by atoms with Crippen molar-refractivity contribution in [3.8, 4) is 0 Å². The lowest BCUT2D eigenvalue weighted by Crippen LogP contribution is -2.32. The third-order valence-corrected chi connectivity index (χ3v) is 2.80.